The van der Waals surface area contributed by atoms with Gasteiger partial charge in [-0.05, 0) is 38.3 Å². The lowest BCUT2D eigenvalue weighted by atomic mass is 9.80. The first-order valence-electron chi connectivity index (χ1n) is 6.74. The molecule has 0 amide bonds. The van der Waals surface area contributed by atoms with Gasteiger partial charge in [0.05, 0.1) is 0 Å². The SMILES string of the molecule is CN1CC[C@@H](c2cc(=O)[nH]o2)C[C@H]1CC(C)(C)C. The topological polar surface area (TPSA) is 49.2 Å². The van der Waals surface area contributed by atoms with Crippen LogP contribution in [0.4, 0.5) is 0 Å². The van der Waals surface area contributed by atoms with Gasteiger partial charge in [-0.2, -0.15) is 5.16 Å². The molecule has 102 valence electrons. The number of likely N-dealkylation sites (tertiary alicyclic amines) is 1. The van der Waals surface area contributed by atoms with E-state index in [2.05, 4.69) is 37.9 Å². The molecule has 18 heavy (non-hydrogen) atoms. The Bertz CT molecular complexity index is 441. The third-order valence-electron chi connectivity index (χ3n) is 3.80. The molecule has 0 aliphatic carbocycles. The van der Waals surface area contributed by atoms with Crippen LogP contribution in [0.2, 0.25) is 0 Å². The fraction of sp³-hybridized carbons (Fsp3) is 0.786. The molecule has 4 nitrogen and oxygen atoms in total. The van der Waals surface area contributed by atoms with Crippen molar-refractivity contribution in [2.75, 3.05) is 13.6 Å². The fourth-order valence-electron chi connectivity index (χ4n) is 2.87. The van der Waals surface area contributed by atoms with Gasteiger partial charge >= 0.3 is 0 Å². The molecule has 1 aliphatic heterocycles. The number of rotatable bonds is 2. The van der Waals surface area contributed by atoms with Gasteiger partial charge in [0.15, 0.2) is 0 Å². The maximum Gasteiger partial charge on any atom is 0.280 e. The van der Waals surface area contributed by atoms with Crippen LogP contribution in [0.5, 0.6) is 0 Å². The van der Waals surface area contributed by atoms with Gasteiger partial charge < -0.3 is 9.42 Å². The third-order valence-corrected chi connectivity index (χ3v) is 3.80. The molecule has 1 aromatic heterocycles. The van der Waals surface area contributed by atoms with Gasteiger partial charge in [-0.1, -0.05) is 20.8 Å². The van der Waals surface area contributed by atoms with Crippen molar-refractivity contribution < 1.29 is 4.52 Å². The second-order valence-corrected chi connectivity index (χ2v) is 6.74. The summed E-state index contributed by atoms with van der Waals surface area (Å²) in [6.45, 7) is 7.91. The lowest BCUT2D eigenvalue weighted by Crippen LogP contribution is -2.41. The molecule has 1 fully saturated rings. The van der Waals surface area contributed by atoms with Crippen LogP contribution in [-0.2, 0) is 0 Å². The summed E-state index contributed by atoms with van der Waals surface area (Å²) in [5.41, 5.74) is 0.205. The highest BCUT2D eigenvalue weighted by Crippen LogP contribution is 2.35. The molecule has 1 N–H and O–H groups in total. The molecule has 4 heteroatoms. The Labute approximate surface area is 108 Å². The monoisotopic (exact) mass is 252 g/mol. The second-order valence-electron chi connectivity index (χ2n) is 6.74. The van der Waals surface area contributed by atoms with Crippen molar-refractivity contribution in [2.24, 2.45) is 5.41 Å². The minimum Gasteiger partial charge on any atom is -0.383 e. The fourth-order valence-corrected chi connectivity index (χ4v) is 2.87. The Hall–Kier alpha value is -1.03. The predicted molar refractivity (Wildman–Crippen MR) is 71.8 cm³/mol. The van der Waals surface area contributed by atoms with E-state index in [1.165, 1.54) is 6.42 Å². The molecule has 0 spiro atoms. The number of hydrogen-bond donors (Lipinski definition) is 1. The summed E-state index contributed by atoms with van der Waals surface area (Å²) < 4.78 is 5.26. The Morgan fingerprint density at radius 2 is 2.22 bits per heavy atom. The number of nitrogens with zero attached hydrogens (tertiary/aromatic N) is 1. The van der Waals surface area contributed by atoms with Crippen molar-refractivity contribution in [1.82, 2.24) is 10.1 Å². The summed E-state index contributed by atoms with van der Waals surface area (Å²) in [5.74, 6) is 1.21. The number of aromatic amines is 1. The van der Waals surface area contributed by atoms with Crippen LogP contribution in [0.1, 0.15) is 51.7 Å². The molecule has 2 atom stereocenters. The molecule has 0 saturated carbocycles. The molecule has 0 aromatic carbocycles. The summed E-state index contributed by atoms with van der Waals surface area (Å²) in [4.78, 5) is 13.6. The summed E-state index contributed by atoms with van der Waals surface area (Å²) in [5, 5.41) is 2.40. The zero-order valence-electron chi connectivity index (χ0n) is 11.8. The Morgan fingerprint density at radius 3 is 2.78 bits per heavy atom. The van der Waals surface area contributed by atoms with Gasteiger partial charge in [-0.15, -0.1) is 0 Å². The molecule has 0 unspecified atom stereocenters. The maximum absolute atomic E-state index is 11.1. The van der Waals surface area contributed by atoms with E-state index >= 15 is 0 Å². The van der Waals surface area contributed by atoms with E-state index in [1.807, 2.05) is 0 Å². The van der Waals surface area contributed by atoms with E-state index < -0.39 is 0 Å². The predicted octanol–water partition coefficient (Wildman–Crippen LogP) is 2.58. The van der Waals surface area contributed by atoms with Gasteiger partial charge in [0, 0.05) is 18.0 Å². The minimum absolute atomic E-state index is 0.128. The molecular formula is C14H24N2O2. The highest BCUT2D eigenvalue weighted by molar-refractivity contribution is 5.05. The van der Waals surface area contributed by atoms with Crippen molar-refractivity contribution in [3.8, 4) is 0 Å². The summed E-state index contributed by atoms with van der Waals surface area (Å²) in [6, 6.07) is 2.17. The van der Waals surface area contributed by atoms with Crippen molar-refractivity contribution >= 4 is 0 Å². The number of piperidine rings is 1. The van der Waals surface area contributed by atoms with E-state index in [9.17, 15) is 4.79 Å². The number of H-pyrrole nitrogens is 1. The number of hydrogen-bond acceptors (Lipinski definition) is 3. The largest absolute Gasteiger partial charge is 0.383 e. The summed E-state index contributed by atoms with van der Waals surface area (Å²) >= 11 is 0. The highest BCUT2D eigenvalue weighted by atomic mass is 16.5. The van der Waals surface area contributed by atoms with Gasteiger partial charge in [0.25, 0.3) is 5.56 Å². The van der Waals surface area contributed by atoms with Crippen LogP contribution in [0.15, 0.2) is 15.4 Å². The Kier molecular flexibility index (Phi) is 3.66. The first kappa shape index (κ1) is 13.4. The van der Waals surface area contributed by atoms with Crippen LogP contribution in [-0.4, -0.2) is 29.7 Å². The zero-order valence-corrected chi connectivity index (χ0v) is 11.8. The van der Waals surface area contributed by atoms with Crippen molar-refractivity contribution in [1.29, 1.82) is 0 Å². The lowest BCUT2D eigenvalue weighted by Gasteiger charge is -2.39. The number of aromatic nitrogens is 1. The van der Waals surface area contributed by atoms with Crippen LogP contribution in [0.3, 0.4) is 0 Å². The molecular weight excluding hydrogens is 228 g/mol. The van der Waals surface area contributed by atoms with Crippen molar-refractivity contribution in [3.63, 3.8) is 0 Å². The molecule has 0 radical (unpaired) electrons. The molecule has 0 bridgehead atoms. The standard InChI is InChI=1S/C14H24N2O2/c1-14(2,3)9-11-7-10(5-6-16(11)4)12-8-13(17)15-18-12/h8,10-11H,5-7,9H2,1-4H3,(H,15,17)/t10-,11+/m1/s1. The quantitative estimate of drug-likeness (QED) is 0.880. The Morgan fingerprint density at radius 1 is 1.50 bits per heavy atom. The van der Waals surface area contributed by atoms with Crippen LogP contribution in [0.25, 0.3) is 0 Å². The van der Waals surface area contributed by atoms with Gasteiger partial charge in [0.1, 0.15) is 5.76 Å². The molecule has 1 aliphatic rings. The third kappa shape index (κ3) is 3.25. The normalized spacial score (nSPS) is 26.4. The van der Waals surface area contributed by atoms with Crippen LogP contribution < -0.4 is 5.56 Å². The highest BCUT2D eigenvalue weighted by Gasteiger charge is 2.31. The zero-order chi connectivity index (χ0) is 13.3. The molecule has 1 saturated heterocycles. The summed E-state index contributed by atoms with van der Waals surface area (Å²) in [6.07, 6.45) is 3.32. The van der Waals surface area contributed by atoms with E-state index in [-0.39, 0.29) is 5.56 Å². The molecule has 2 heterocycles. The molecule has 1 aromatic rings. The molecule has 2 rings (SSSR count). The first-order valence-corrected chi connectivity index (χ1v) is 6.74. The van der Waals surface area contributed by atoms with Crippen LogP contribution in [0, 0.1) is 5.41 Å². The maximum atomic E-state index is 11.1. The van der Waals surface area contributed by atoms with Crippen LogP contribution >= 0.6 is 0 Å². The number of nitrogens with one attached hydrogen (secondary N) is 1. The van der Waals surface area contributed by atoms with Gasteiger partial charge in [-0.3, -0.25) is 4.79 Å². The van der Waals surface area contributed by atoms with E-state index in [1.54, 1.807) is 6.07 Å². The first-order chi connectivity index (χ1) is 8.35. The van der Waals surface area contributed by atoms with E-state index in [0.29, 0.717) is 17.4 Å². The minimum atomic E-state index is -0.128. The van der Waals surface area contributed by atoms with Crippen molar-refractivity contribution in [2.45, 2.75) is 52.0 Å². The van der Waals surface area contributed by atoms with E-state index in [4.69, 9.17) is 4.52 Å². The second kappa shape index (κ2) is 4.92. The Balaban J connectivity index is 2.06. The average Bonchev–Trinajstić information content (AvgIpc) is 2.66. The van der Waals surface area contributed by atoms with E-state index in [0.717, 1.165) is 25.1 Å². The smallest absolute Gasteiger partial charge is 0.280 e. The van der Waals surface area contributed by atoms with Gasteiger partial charge in [-0.25, -0.2) is 0 Å². The van der Waals surface area contributed by atoms with Gasteiger partial charge in [0.2, 0.25) is 0 Å². The summed E-state index contributed by atoms with van der Waals surface area (Å²) in [7, 11) is 2.19. The lowest BCUT2D eigenvalue weighted by molar-refractivity contribution is 0.118. The average molecular weight is 252 g/mol. The van der Waals surface area contributed by atoms with Crippen molar-refractivity contribution in [3.05, 3.63) is 22.2 Å².